The highest BCUT2D eigenvalue weighted by Crippen LogP contribution is 2.33. The molecule has 6 heteroatoms. The Balaban J connectivity index is 1.98. The summed E-state index contributed by atoms with van der Waals surface area (Å²) in [5.74, 6) is -0.177. The number of nitrogens with zero attached hydrogens (tertiary/aromatic N) is 1. The Morgan fingerprint density at radius 3 is 2.62 bits per heavy atom. The minimum absolute atomic E-state index is 0.0930. The molecule has 134 valence electrons. The van der Waals surface area contributed by atoms with Crippen LogP contribution in [0.25, 0.3) is 0 Å². The standard InChI is InChI=1S/C20H22BNO4/c1-13-5-4-6-15-11-22(20(2,3)10-17(13)15)19(24)14-7-8-18(21(25)26)16(9-14)12-23/h4-9,12,25-26H,10-11H2,1-3H3. The van der Waals surface area contributed by atoms with E-state index >= 15 is 0 Å². The molecule has 0 atom stereocenters. The number of hydrogen-bond acceptors (Lipinski definition) is 4. The van der Waals surface area contributed by atoms with E-state index in [1.54, 1.807) is 0 Å². The molecule has 0 fully saturated rings. The van der Waals surface area contributed by atoms with Gasteiger partial charge in [0, 0.05) is 23.2 Å². The van der Waals surface area contributed by atoms with E-state index in [1.165, 1.54) is 29.3 Å². The summed E-state index contributed by atoms with van der Waals surface area (Å²) in [5, 5.41) is 18.7. The number of carbonyl (C=O) groups is 2. The summed E-state index contributed by atoms with van der Waals surface area (Å²) in [6.07, 6.45) is 1.29. The van der Waals surface area contributed by atoms with Gasteiger partial charge in [-0.05, 0) is 61.5 Å². The lowest BCUT2D eigenvalue weighted by Gasteiger charge is -2.44. The van der Waals surface area contributed by atoms with Crippen LogP contribution in [0.4, 0.5) is 0 Å². The van der Waals surface area contributed by atoms with Crippen LogP contribution < -0.4 is 5.46 Å². The van der Waals surface area contributed by atoms with Gasteiger partial charge in [0.25, 0.3) is 5.91 Å². The highest BCUT2D eigenvalue weighted by atomic mass is 16.4. The average molecular weight is 351 g/mol. The maximum absolute atomic E-state index is 13.1. The minimum Gasteiger partial charge on any atom is -0.423 e. The Labute approximate surface area is 153 Å². The van der Waals surface area contributed by atoms with Crippen molar-refractivity contribution in [3.8, 4) is 0 Å². The summed E-state index contributed by atoms with van der Waals surface area (Å²) in [6.45, 7) is 6.66. The van der Waals surface area contributed by atoms with E-state index in [0.29, 0.717) is 18.4 Å². The van der Waals surface area contributed by atoms with Crippen LogP contribution in [0.15, 0.2) is 36.4 Å². The molecule has 0 bridgehead atoms. The molecule has 1 heterocycles. The van der Waals surface area contributed by atoms with Crippen LogP contribution >= 0.6 is 0 Å². The molecule has 0 spiro atoms. The van der Waals surface area contributed by atoms with Crippen molar-refractivity contribution >= 4 is 24.8 Å². The largest absolute Gasteiger partial charge is 0.489 e. The van der Waals surface area contributed by atoms with E-state index in [1.807, 2.05) is 30.9 Å². The van der Waals surface area contributed by atoms with Crippen molar-refractivity contribution in [1.29, 1.82) is 0 Å². The summed E-state index contributed by atoms with van der Waals surface area (Å²) in [7, 11) is -1.75. The molecule has 5 nitrogen and oxygen atoms in total. The second-order valence-electron chi connectivity index (χ2n) is 7.43. The Hall–Kier alpha value is -2.44. The fraction of sp³-hybridized carbons (Fsp3) is 0.300. The van der Waals surface area contributed by atoms with Gasteiger partial charge in [-0.25, -0.2) is 0 Å². The number of aryl methyl sites for hydroxylation is 1. The quantitative estimate of drug-likeness (QED) is 0.648. The summed E-state index contributed by atoms with van der Waals surface area (Å²) in [6, 6.07) is 10.5. The number of hydrogen-bond donors (Lipinski definition) is 2. The number of carbonyl (C=O) groups excluding carboxylic acids is 2. The van der Waals surface area contributed by atoms with Gasteiger partial charge in [0.05, 0.1) is 0 Å². The average Bonchev–Trinajstić information content (AvgIpc) is 2.60. The summed E-state index contributed by atoms with van der Waals surface area (Å²) >= 11 is 0. The highest BCUT2D eigenvalue weighted by molar-refractivity contribution is 6.60. The first kappa shape index (κ1) is 18.4. The SMILES string of the molecule is Cc1cccc2c1CC(C)(C)N(C(=O)c1ccc(B(O)O)c(C=O)c1)C2. The van der Waals surface area contributed by atoms with E-state index < -0.39 is 7.12 Å². The van der Waals surface area contributed by atoms with Crippen molar-refractivity contribution < 1.29 is 19.6 Å². The fourth-order valence-corrected chi connectivity index (χ4v) is 3.62. The number of benzene rings is 2. The second-order valence-corrected chi connectivity index (χ2v) is 7.43. The first-order valence-electron chi connectivity index (χ1n) is 8.59. The predicted octanol–water partition coefficient (Wildman–Crippen LogP) is 1.46. The molecule has 0 aliphatic carbocycles. The lowest BCUT2D eigenvalue weighted by molar-refractivity contribution is 0.0488. The van der Waals surface area contributed by atoms with Gasteiger partial charge >= 0.3 is 7.12 Å². The molecule has 26 heavy (non-hydrogen) atoms. The maximum Gasteiger partial charge on any atom is 0.489 e. The first-order valence-corrected chi connectivity index (χ1v) is 8.59. The lowest BCUT2D eigenvalue weighted by atomic mass is 9.76. The van der Waals surface area contributed by atoms with Crippen LogP contribution in [0.3, 0.4) is 0 Å². The van der Waals surface area contributed by atoms with E-state index in [4.69, 9.17) is 0 Å². The van der Waals surface area contributed by atoms with E-state index in [-0.39, 0.29) is 22.5 Å². The van der Waals surface area contributed by atoms with E-state index in [2.05, 4.69) is 13.0 Å². The molecular weight excluding hydrogens is 329 g/mol. The van der Waals surface area contributed by atoms with Gasteiger partial charge in [0.1, 0.15) is 6.29 Å². The topological polar surface area (TPSA) is 77.8 Å². The molecule has 2 aromatic rings. The van der Waals surface area contributed by atoms with Crippen molar-refractivity contribution in [2.24, 2.45) is 0 Å². The third-order valence-corrected chi connectivity index (χ3v) is 5.16. The molecule has 2 aromatic carbocycles. The van der Waals surface area contributed by atoms with Crippen molar-refractivity contribution in [2.75, 3.05) is 0 Å². The van der Waals surface area contributed by atoms with E-state index in [0.717, 1.165) is 12.0 Å². The Morgan fingerprint density at radius 2 is 1.96 bits per heavy atom. The first-order chi connectivity index (χ1) is 12.2. The Kier molecular flexibility index (Phi) is 4.73. The molecule has 2 N–H and O–H groups in total. The van der Waals surface area contributed by atoms with Gasteiger partial charge in [0.2, 0.25) is 0 Å². The van der Waals surface area contributed by atoms with Crippen LogP contribution in [0, 0.1) is 6.92 Å². The maximum atomic E-state index is 13.1. The zero-order valence-corrected chi connectivity index (χ0v) is 15.2. The monoisotopic (exact) mass is 351 g/mol. The number of amides is 1. The van der Waals surface area contributed by atoms with Gasteiger partial charge in [-0.15, -0.1) is 0 Å². The molecule has 1 amide bonds. The van der Waals surface area contributed by atoms with Crippen LogP contribution in [0.1, 0.15) is 51.3 Å². The smallest absolute Gasteiger partial charge is 0.423 e. The molecule has 0 saturated heterocycles. The lowest BCUT2D eigenvalue weighted by Crippen LogP contribution is -2.51. The molecule has 3 rings (SSSR count). The minimum atomic E-state index is -1.75. The van der Waals surface area contributed by atoms with Gasteiger partial charge in [-0.3, -0.25) is 9.59 Å². The number of fused-ring (bicyclic) bond motifs is 1. The van der Waals surface area contributed by atoms with Gasteiger partial charge in [0.15, 0.2) is 0 Å². The number of aldehydes is 1. The predicted molar refractivity (Wildman–Crippen MR) is 100 cm³/mol. The zero-order chi connectivity index (χ0) is 19.1. The highest BCUT2D eigenvalue weighted by Gasteiger charge is 2.37. The molecule has 0 saturated carbocycles. The summed E-state index contributed by atoms with van der Waals surface area (Å²) < 4.78 is 0. The van der Waals surface area contributed by atoms with Crippen LogP contribution in [0.2, 0.25) is 0 Å². The van der Waals surface area contributed by atoms with Crippen molar-refractivity contribution in [2.45, 2.75) is 39.3 Å². The van der Waals surface area contributed by atoms with Crippen LogP contribution in [0.5, 0.6) is 0 Å². The Bertz CT molecular complexity index is 876. The third kappa shape index (κ3) is 3.18. The normalized spacial score (nSPS) is 15.3. The number of rotatable bonds is 3. The Morgan fingerprint density at radius 1 is 1.23 bits per heavy atom. The van der Waals surface area contributed by atoms with Gasteiger partial charge in [-0.2, -0.15) is 0 Å². The van der Waals surface area contributed by atoms with Gasteiger partial charge in [-0.1, -0.05) is 24.3 Å². The summed E-state index contributed by atoms with van der Waals surface area (Å²) in [4.78, 5) is 26.2. The molecule has 1 aliphatic rings. The fourth-order valence-electron chi connectivity index (χ4n) is 3.62. The van der Waals surface area contributed by atoms with Crippen LogP contribution in [-0.2, 0) is 13.0 Å². The van der Waals surface area contributed by atoms with E-state index in [9.17, 15) is 19.6 Å². The van der Waals surface area contributed by atoms with Gasteiger partial charge < -0.3 is 14.9 Å². The molecular formula is C20H22BNO4. The third-order valence-electron chi connectivity index (χ3n) is 5.16. The molecule has 0 unspecified atom stereocenters. The summed E-state index contributed by atoms with van der Waals surface area (Å²) in [5.41, 5.74) is 3.84. The van der Waals surface area contributed by atoms with Crippen LogP contribution in [-0.4, -0.2) is 39.8 Å². The molecule has 0 aromatic heterocycles. The molecule has 0 radical (unpaired) electrons. The van der Waals surface area contributed by atoms with Crippen molar-refractivity contribution in [3.63, 3.8) is 0 Å². The zero-order valence-electron chi connectivity index (χ0n) is 15.2. The molecule has 1 aliphatic heterocycles. The second kappa shape index (κ2) is 6.70. The van der Waals surface area contributed by atoms with Crippen molar-refractivity contribution in [1.82, 2.24) is 4.90 Å². The van der Waals surface area contributed by atoms with Crippen molar-refractivity contribution in [3.05, 3.63) is 64.2 Å².